The molecule has 0 fully saturated rings. The lowest BCUT2D eigenvalue weighted by Crippen LogP contribution is -1.94. The van der Waals surface area contributed by atoms with Gasteiger partial charge in [-0.1, -0.05) is 45.3 Å². The maximum Gasteiger partial charge on any atom is 0.136 e. The minimum absolute atomic E-state index is 0.384. The lowest BCUT2D eigenvalue weighted by Gasteiger charge is -1.94. The number of ketones is 1. The van der Waals surface area contributed by atoms with Crippen LogP contribution in [0.2, 0.25) is 0 Å². The van der Waals surface area contributed by atoms with Crippen LogP contribution in [0.15, 0.2) is 12.2 Å². The summed E-state index contributed by atoms with van der Waals surface area (Å²) in [5, 5.41) is 0. The molecule has 1 heteroatoms. The van der Waals surface area contributed by atoms with Gasteiger partial charge in [0.2, 0.25) is 0 Å². The van der Waals surface area contributed by atoms with Crippen LogP contribution in [0.3, 0.4) is 0 Å². The van der Waals surface area contributed by atoms with Crippen LogP contribution in [0.5, 0.6) is 0 Å². The maximum atomic E-state index is 11.2. The van der Waals surface area contributed by atoms with E-state index in [9.17, 15) is 4.79 Å². The van der Waals surface area contributed by atoms with E-state index in [1.807, 2.05) is 6.08 Å². The molecule has 0 aromatic carbocycles. The second-order valence-electron chi connectivity index (χ2n) is 3.46. The lowest BCUT2D eigenvalue weighted by molar-refractivity contribution is -0.118. The molecular formula is C12H22O. The van der Waals surface area contributed by atoms with E-state index in [0.717, 1.165) is 25.7 Å². The number of rotatable bonds is 8. The number of carbonyl (C=O) groups is 1. The standard InChI is InChI=1S/C12H22O/c1-3-5-7-8-9-11-12(13)10-6-4-2/h8-9H,3-7,10-11H2,1-2H3. The van der Waals surface area contributed by atoms with Crippen molar-refractivity contribution >= 4 is 5.78 Å². The van der Waals surface area contributed by atoms with Gasteiger partial charge in [0, 0.05) is 12.8 Å². The van der Waals surface area contributed by atoms with Gasteiger partial charge in [-0.3, -0.25) is 4.79 Å². The summed E-state index contributed by atoms with van der Waals surface area (Å²) in [7, 11) is 0. The molecule has 0 bridgehead atoms. The highest BCUT2D eigenvalue weighted by molar-refractivity contribution is 5.79. The summed E-state index contributed by atoms with van der Waals surface area (Å²) in [4.78, 5) is 11.2. The number of hydrogen-bond acceptors (Lipinski definition) is 1. The van der Waals surface area contributed by atoms with Crippen molar-refractivity contribution in [3.05, 3.63) is 12.2 Å². The average molecular weight is 182 g/mol. The first kappa shape index (κ1) is 12.4. The molecule has 76 valence electrons. The van der Waals surface area contributed by atoms with Gasteiger partial charge in [-0.15, -0.1) is 0 Å². The number of carbonyl (C=O) groups excluding carboxylic acids is 1. The summed E-state index contributed by atoms with van der Waals surface area (Å²) in [6.07, 6.45) is 11.3. The third kappa shape index (κ3) is 9.32. The van der Waals surface area contributed by atoms with Gasteiger partial charge < -0.3 is 0 Å². The smallest absolute Gasteiger partial charge is 0.136 e. The van der Waals surface area contributed by atoms with Crippen molar-refractivity contribution in [2.24, 2.45) is 0 Å². The van der Waals surface area contributed by atoms with Crippen LogP contribution < -0.4 is 0 Å². The quantitative estimate of drug-likeness (QED) is 0.411. The van der Waals surface area contributed by atoms with Crippen molar-refractivity contribution in [3.8, 4) is 0 Å². The Kier molecular flexibility index (Phi) is 9.07. The lowest BCUT2D eigenvalue weighted by atomic mass is 10.1. The zero-order valence-electron chi connectivity index (χ0n) is 9.01. The number of hydrogen-bond donors (Lipinski definition) is 0. The van der Waals surface area contributed by atoms with Gasteiger partial charge in [-0.05, 0) is 12.8 Å². The van der Waals surface area contributed by atoms with Crippen molar-refractivity contribution in [2.75, 3.05) is 0 Å². The van der Waals surface area contributed by atoms with Crippen LogP contribution in [0.1, 0.15) is 58.8 Å². The molecule has 0 atom stereocenters. The predicted octanol–water partition coefficient (Wildman–Crippen LogP) is 3.88. The monoisotopic (exact) mass is 182 g/mol. The number of unbranched alkanes of at least 4 members (excludes halogenated alkanes) is 3. The molecule has 0 saturated heterocycles. The van der Waals surface area contributed by atoms with Crippen molar-refractivity contribution in [2.45, 2.75) is 58.8 Å². The molecule has 0 rings (SSSR count). The summed E-state index contributed by atoms with van der Waals surface area (Å²) in [5.41, 5.74) is 0. The van der Waals surface area contributed by atoms with Crippen molar-refractivity contribution in [3.63, 3.8) is 0 Å². The third-order valence-corrected chi connectivity index (χ3v) is 2.05. The predicted molar refractivity (Wildman–Crippen MR) is 57.8 cm³/mol. The highest BCUT2D eigenvalue weighted by atomic mass is 16.1. The average Bonchev–Trinajstić information content (AvgIpc) is 2.14. The van der Waals surface area contributed by atoms with E-state index >= 15 is 0 Å². The van der Waals surface area contributed by atoms with Gasteiger partial charge in [0.15, 0.2) is 0 Å². The molecule has 13 heavy (non-hydrogen) atoms. The van der Waals surface area contributed by atoms with Crippen molar-refractivity contribution in [1.82, 2.24) is 0 Å². The maximum absolute atomic E-state index is 11.2. The summed E-state index contributed by atoms with van der Waals surface area (Å²) in [5.74, 6) is 0.384. The highest BCUT2D eigenvalue weighted by Gasteiger charge is 1.96. The summed E-state index contributed by atoms with van der Waals surface area (Å²) in [6, 6.07) is 0. The molecule has 1 nitrogen and oxygen atoms in total. The van der Waals surface area contributed by atoms with E-state index in [2.05, 4.69) is 19.9 Å². The van der Waals surface area contributed by atoms with Crippen molar-refractivity contribution < 1.29 is 4.79 Å². The Bertz CT molecular complexity index is 147. The molecule has 0 N–H and O–H groups in total. The summed E-state index contributed by atoms with van der Waals surface area (Å²) in [6.45, 7) is 4.30. The Morgan fingerprint density at radius 1 is 1.08 bits per heavy atom. The molecule has 0 aliphatic heterocycles. The van der Waals surface area contributed by atoms with Gasteiger partial charge in [0.25, 0.3) is 0 Å². The Labute approximate surface area is 82.2 Å². The van der Waals surface area contributed by atoms with Gasteiger partial charge in [-0.2, -0.15) is 0 Å². The Morgan fingerprint density at radius 2 is 1.77 bits per heavy atom. The molecule has 0 heterocycles. The van der Waals surface area contributed by atoms with Crippen LogP contribution in [0.25, 0.3) is 0 Å². The van der Waals surface area contributed by atoms with Gasteiger partial charge >= 0.3 is 0 Å². The molecule has 0 amide bonds. The van der Waals surface area contributed by atoms with E-state index in [1.165, 1.54) is 12.8 Å². The van der Waals surface area contributed by atoms with Gasteiger partial charge in [0.1, 0.15) is 5.78 Å². The van der Waals surface area contributed by atoms with Gasteiger partial charge in [0.05, 0.1) is 0 Å². The fourth-order valence-electron chi connectivity index (χ4n) is 1.13. The minimum atomic E-state index is 0.384. The van der Waals surface area contributed by atoms with Crippen LogP contribution in [-0.4, -0.2) is 5.78 Å². The molecular weight excluding hydrogens is 160 g/mol. The van der Waals surface area contributed by atoms with E-state index in [-0.39, 0.29) is 0 Å². The van der Waals surface area contributed by atoms with E-state index < -0.39 is 0 Å². The van der Waals surface area contributed by atoms with E-state index in [0.29, 0.717) is 12.2 Å². The topological polar surface area (TPSA) is 17.1 Å². The molecule has 0 aliphatic rings. The van der Waals surface area contributed by atoms with E-state index in [1.54, 1.807) is 0 Å². The molecule has 0 saturated carbocycles. The molecule has 0 aromatic rings. The fourth-order valence-corrected chi connectivity index (χ4v) is 1.13. The van der Waals surface area contributed by atoms with Crippen LogP contribution in [-0.2, 0) is 4.79 Å². The second-order valence-corrected chi connectivity index (χ2v) is 3.46. The third-order valence-electron chi connectivity index (χ3n) is 2.05. The molecule has 0 spiro atoms. The summed E-state index contributed by atoms with van der Waals surface area (Å²) < 4.78 is 0. The first-order valence-electron chi connectivity index (χ1n) is 5.48. The zero-order valence-corrected chi connectivity index (χ0v) is 9.01. The van der Waals surface area contributed by atoms with Crippen LogP contribution >= 0.6 is 0 Å². The molecule has 0 radical (unpaired) electrons. The first-order chi connectivity index (χ1) is 6.31. The molecule has 0 unspecified atom stereocenters. The largest absolute Gasteiger partial charge is 0.299 e. The highest BCUT2D eigenvalue weighted by Crippen LogP contribution is 2.01. The second kappa shape index (κ2) is 9.50. The summed E-state index contributed by atoms with van der Waals surface area (Å²) >= 11 is 0. The SMILES string of the molecule is CCCCC=CCC(=O)CCCC. The number of Topliss-reactive ketones (excluding diaryl/α,β-unsaturated/α-hetero) is 1. The van der Waals surface area contributed by atoms with Crippen molar-refractivity contribution in [1.29, 1.82) is 0 Å². The van der Waals surface area contributed by atoms with Crippen LogP contribution in [0.4, 0.5) is 0 Å². The molecule has 0 aliphatic carbocycles. The van der Waals surface area contributed by atoms with E-state index in [4.69, 9.17) is 0 Å². The first-order valence-corrected chi connectivity index (χ1v) is 5.48. The Hall–Kier alpha value is -0.590. The normalized spacial score (nSPS) is 10.9. The Balaban J connectivity index is 3.29. The zero-order chi connectivity index (χ0) is 9.94. The molecule has 0 aromatic heterocycles. The Morgan fingerprint density at radius 3 is 2.38 bits per heavy atom. The fraction of sp³-hybridized carbons (Fsp3) is 0.750. The minimum Gasteiger partial charge on any atom is -0.299 e. The number of allylic oxidation sites excluding steroid dienone is 2. The van der Waals surface area contributed by atoms with Crippen LogP contribution in [0, 0.1) is 0 Å². The van der Waals surface area contributed by atoms with Gasteiger partial charge in [-0.25, -0.2) is 0 Å².